The van der Waals surface area contributed by atoms with Crippen LogP contribution in [-0.2, 0) is 6.42 Å². The van der Waals surface area contributed by atoms with Gasteiger partial charge in [-0.2, -0.15) is 0 Å². The molecule has 0 radical (unpaired) electrons. The molecular weight excluding hydrogens is 262 g/mol. The van der Waals surface area contributed by atoms with Crippen molar-refractivity contribution in [2.75, 3.05) is 19.5 Å². The van der Waals surface area contributed by atoms with E-state index in [0.717, 1.165) is 30.0 Å². The van der Waals surface area contributed by atoms with E-state index in [1.54, 1.807) is 14.2 Å². The van der Waals surface area contributed by atoms with Gasteiger partial charge in [0, 0.05) is 12.1 Å². The summed E-state index contributed by atoms with van der Waals surface area (Å²) in [5, 5.41) is 3.57. The van der Waals surface area contributed by atoms with Crippen molar-refractivity contribution in [2.24, 2.45) is 0 Å². The molecule has 0 saturated heterocycles. The van der Waals surface area contributed by atoms with E-state index in [4.69, 9.17) is 9.47 Å². The van der Waals surface area contributed by atoms with Crippen LogP contribution in [0, 0.1) is 0 Å². The van der Waals surface area contributed by atoms with Gasteiger partial charge in [0.25, 0.3) is 0 Å². The van der Waals surface area contributed by atoms with Crippen molar-refractivity contribution in [3.8, 4) is 11.5 Å². The Hall–Kier alpha value is -2.16. The normalized spacial score (nSPS) is 11.8. The number of nitrogens with one attached hydrogen (secondary N) is 1. The Balaban J connectivity index is 2.11. The van der Waals surface area contributed by atoms with Crippen molar-refractivity contribution in [3.63, 3.8) is 0 Å². The summed E-state index contributed by atoms with van der Waals surface area (Å²) in [7, 11) is 3.34. The number of ether oxygens (including phenoxy) is 2. The van der Waals surface area contributed by atoms with E-state index < -0.39 is 0 Å². The van der Waals surface area contributed by atoms with Gasteiger partial charge in [-0.25, -0.2) is 0 Å². The standard InChI is InChI=1S/C18H23NO2/c1-4-15(12-14-8-6-5-7-9-14)19-17-11-10-16(20-2)13-18(17)21-3/h5-11,13,15,19H,4,12H2,1-3H3. The summed E-state index contributed by atoms with van der Waals surface area (Å²) in [6.07, 6.45) is 2.04. The molecule has 2 rings (SSSR count). The first-order valence-electron chi connectivity index (χ1n) is 7.29. The Morgan fingerprint density at radius 1 is 1.00 bits per heavy atom. The molecule has 3 heteroatoms. The summed E-state index contributed by atoms with van der Waals surface area (Å²) < 4.78 is 10.7. The third-order valence-electron chi connectivity index (χ3n) is 3.59. The van der Waals surface area contributed by atoms with Crippen molar-refractivity contribution >= 4 is 5.69 Å². The highest BCUT2D eigenvalue weighted by atomic mass is 16.5. The van der Waals surface area contributed by atoms with Gasteiger partial charge in [-0.05, 0) is 30.5 Å². The van der Waals surface area contributed by atoms with Gasteiger partial charge in [0.2, 0.25) is 0 Å². The first kappa shape index (κ1) is 15.2. The van der Waals surface area contributed by atoms with Crippen molar-refractivity contribution in [1.29, 1.82) is 0 Å². The van der Waals surface area contributed by atoms with Crippen LogP contribution < -0.4 is 14.8 Å². The molecule has 3 nitrogen and oxygen atoms in total. The Morgan fingerprint density at radius 2 is 1.76 bits per heavy atom. The van der Waals surface area contributed by atoms with Crippen LogP contribution >= 0.6 is 0 Å². The monoisotopic (exact) mass is 285 g/mol. The van der Waals surface area contributed by atoms with Gasteiger partial charge in [0.05, 0.1) is 19.9 Å². The van der Waals surface area contributed by atoms with E-state index >= 15 is 0 Å². The molecule has 1 unspecified atom stereocenters. The third kappa shape index (κ3) is 4.15. The van der Waals surface area contributed by atoms with E-state index in [-0.39, 0.29) is 0 Å². The van der Waals surface area contributed by atoms with Crippen molar-refractivity contribution in [3.05, 3.63) is 54.1 Å². The minimum absolute atomic E-state index is 0.370. The van der Waals surface area contributed by atoms with Crippen LogP contribution in [0.4, 0.5) is 5.69 Å². The molecule has 0 bridgehead atoms. The molecular formula is C18H23NO2. The second-order valence-electron chi connectivity index (χ2n) is 5.01. The average Bonchev–Trinajstić information content (AvgIpc) is 2.55. The molecule has 1 N–H and O–H groups in total. The minimum Gasteiger partial charge on any atom is -0.497 e. The van der Waals surface area contributed by atoms with Crippen LogP contribution in [0.1, 0.15) is 18.9 Å². The first-order valence-corrected chi connectivity index (χ1v) is 7.29. The molecule has 0 heterocycles. The maximum atomic E-state index is 5.44. The molecule has 1 atom stereocenters. The zero-order valence-corrected chi connectivity index (χ0v) is 12.9. The van der Waals surface area contributed by atoms with Gasteiger partial charge in [0.15, 0.2) is 0 Å². The largest absolute Gasteiger partial charge is 0.497 e. The second kappa shape index (κ2) is 7.58. The number of methoxy groups -OCH3 is 2. The lowest BCUT2D eigenvalue weighted by Crippen LogP contribution is -2.21. The van der Waals surface area contributed by atoms with E-state index in [2.05, 4.69) is 36.5 Å². The maximum absolute atomic E-state index is 5.44. The molecule has 21 heavy (non-hydrogen) atoms. The van der Waals surface area contributed by atoms with Crippen LogP contribution in [0.15, 0.2) is 48.5 Å². The van der Waals surface area contributed by atoms with Gasteiger partial charge >= 0.3 is 0 Å². The van der Waals surface area contributed by atoms with Crippen molar-refractivity contribution in [2.45, 2.75) is 25.8 Å². The predicted octanol–water partition coefficient (Wildman–Crippen LogP) is 4.14. The minimum atomic E-state index is 0.370. The van der Waals surface area contributed by atoms with E-state index in [1.807, 2.05) is 24.3 Å². The SMILES string of the molecule is CCC(Cc1ccccc1)Nc1ccc(OC)cc1OC. The molecule has 2 aromatic rings. The predicted molar refractivity (Wildman–Crippen MR) is 87.4 cm³/mol. The second-order valence-corrected chi connectivity index (χ2v) is 5.01. The molecule has 0 aromatic heterocycles. The van der Waals surface area contributed by atoms with E-state index in [1.165, 1.54) is 5.56 Å². The summed E-state index contributed by atoms with van der Waals surface area (Å²) in [5.74, 6) is 1.61. The molecule has 2 aromatic carbocycles. The summed E-state index contributed by atoms with van der Waals surface area (Å²) in [5.41, 5.74) is 2.34. The van der Waals surface area contributed by atoms with Gasteiger partial charge in [-0.15, -0.1) is 0 Å². The molecule has 0 fully saturated rings. The summed E-state index contributed by atoms with van der Waals surface area (Å²) in [4.78, 5) is 0. The quantitative estimate of drug-likeness (QED) is 0.829. The Morgan fingerprint density at radius 3 is 2.38 bits per heavy atom. The first-order chi connectivity index (χ1) is 10.3. The van der Waals surface area contributed by atoms with Crippen LogP contribution in [0.3, 0.4) is 0 Å². The highest BCUT2D eigenvalue weighted by Gasteiger charge is 2.11. The summed E-state index contributed by atoms with van der Waals surface area (Å²) >= 11 is 0. The summed E-state index contributed by atoms with van der Waals surface area (Å²) in [6, 6.07) is 16.7. The van der Waals surface area contributed by atoms with Crippen LogP contribution in [0.25, 0.3) is 0 Å². The van der Waals surface area contributed by atoms with Crippen molar-refractivity contribution < 1.29 is 9.47 Å². The third-order valence-corrected chi connectivity index (χ3v) is 3.59. The molecule has 0 aliphatic rings. The summed E-state index contributed by atoms with van der Waals surface area (Å²) in [6.45, 7) is 2.19. The van der Waals surface area contributed by atoms with Crippen LogP contribution in [-0.4, -0.2) is 20.3 Å². The smallest absolute Gasteiger partial charge is 0.145 e. The van der Waals surface area contributed by atoms with E-state index in [9.17, 15) is 0 Å². The van der Waals surface area contributed by atoms with Crippen LogP contribution in [0.5, 0.6) is 11.5 Å². The lowest BCUT2D eigenvalue weighted by molar-refractivity contribution is 0.395. The fraction of sp³-hybridized carbons (Fsp3) is 0.333. The highest BCUT2D eigenvalue weighted by Crippen LogP contribution is 2.30. The molecule has 0 saturated carbocycles. The van der Waals surface area contributed by atoms with Gasteiger partial charge < -0.3 is 14.8 Å². The fourth-order valence-corrected chi connectivity index (χ4v) is 2.33. The number of rotatable bonds is 7. The molecule has 0 aliphatic carbocycles. The van der Waals surface area contributed by atoms with Gasteiger partial charge in [-0.1, -0.05) is 37.3 Å². The Labute approximate surface area is 126 Å². The zero-order chi connectivity index (χ0) is 15.1. The van der Waals surface area contributed by atoms with Crippen molar-refractivity contribution in [1.82, 2.24) is 0 Å². The Kier molecular flexibility index (Phi) is 5.50. The Bertz CT molecular complexity index is 554. The molecule has 0 amide bonds. The molecule has 112 valence electrons. The lowest BCUT2D eigenvalue weighted by Gasteiger charge is -2.20. The zero-order valence-electron chi connectivity index (χ0n) is 12.9. The number of benzene rings is 2. The van der Waals surface area contributed by atoms with Gasteiger partial charge in [0.1, 0.15) is 11.5 Å². The maximum Gasteiger partial charge on any atom is 0.145 e. The topological polar surface area (TPSA) is 30.5 Å². The lowest BCUT2D eigenvalue weighted by atomic mass is 10.0. The number of hydrogen-bond donors (Lipinski definition) is 1. The van der Waals surface area contributed by atoms with E-state index in [0.29, 0.717) is 6.04 Å². The number of hydrogen-bond acceptors (Lipinski definition) is 3. The number of anilines is 1. The molecule has 0 aliphatic heterocycles. The van der Waals surface area contributed by atoms with Crippen LogP contribution in [0.2, 0.25) is 0 Å². The molecule has 0 spiro atoms. The highest BCUT2D eigenvalue weighted by molar-refractivity contribution is 5.59. The average molecular weight is 285 g/mol. The van der Waals surface area contributed by atoms with Gasteiger partial charge in [-0.3, -0.25) is 0 Å². The fourth-order valence-electron chi connectivity index (χ4n) is 2.33.